The van der Waals surface area contributed by atoms with Gasteiger partial charge < -0.3 is 16.0 Å². The van der Waals surface area contributed by atoms with Gasteiger partial charge in [0.1, 0.15) is 5.84 Å². The van der Waals surface area contributed by atoms with E-state index in [4.69, 9.17) is 16.0 Å². The maximum atomic E-state index is 10.1. The lowest BCUT2D eigenvalue weighted by Gasteiger charge is -2.07. The predicted molar refractivity (Wildman–Crippen MR) is 44.1 cm³/mol. The molecule has 5 nitrogen and oxygen atoms in total. The van der Waals surface area contributed by atoms with Crippen molar-refractivity contribution in [2.24, 2.45) is 16.8 Å². The van der Waals surface area contributed by atoms with Crippen molar-refractivity contribution in [2.45, 2.75) is 26.2 Å². The number of carboxylic acid groups (broad SMARTS) is 1. The van der Waals surface area contributed by atoms with Crippen molar-refractivity contribution >= 4 is 11.8 Å². The zero-order valence-corrected chi connectivity index (χ0v) is 7.03. The quantitative estimate of drug-likeness (QED) is 0.246. The van der Waals surface area contributed by atoms with Crippen LogP contribution in [0.2, 0.25) is 0 Å². The van der Waals surface area contributed by atoms with Crippen LogP contribution in [0.4, 0.5) is 0 Å². The molecule has 0 saturated heterocycles. The standard InChI is InChI=1S/C7H14N2O3/c1-5(2-3-7(10)11)4-6(8)9-12/h5,12H,2-4H2,1H3,(H2,8,9)(H,10,11). The molecule has 0 heterocycles. The van der Waals surface area contributed by atoms with Gasteiger partial charge in [-0.1, -0.05) is 12.1 Å². The molecule has 0 fully saturated rings. The van der Waals surface area contributed by atoms with Crippen molar-refractivity contribution in [3.63, 3.8) is 0 Å². The average Bonchev–Trinajstić information content (AvgIpc) is 2.00. The van der Waals surface area contributed by atoms with Gasteiger partial charge in [0.2, 0.25) is 0 Å². The number of nitrogens with zero attached hydrogens (tertiary/aromatic N) is 1. The van der Waals surface area contributed by atoms with Gasteiger partial charge in [-0.3, -0.25) is 4.79 Å². The molecule has 1 atom stereocenters. The number of rotatable bonds is 5. The molecule has 0 saturated carbocycles. The van der Waals surface area contributed by atoms with Crippen molar-refractivity contribution in [3.8, 4) is 0 Å². The lowest BCUT2D eigenvalue weighted by molar-refractivity contribution is -0.137. The Morgan fingerprint density at radius 1 is 1.67 bits per heavy atom. The highest BCUT2D eigenvalue weighted by molar-refractivity contribution is 5.79. The average molecular weight is 174 g/mol. The Labute approximate surface area is 70.9 Å². The molecule has 70 valence electrons. The van der Waals surface area contributed by atoms with E-state index in [1.807, 2.05) is 6.92 Å². The van der Waals surface area contributed by atoms with Gasteiger partial charge >= 0.3 is 5.97 Å². The van der Waals surface area contributed by atoms with Gasteiger partial charge in [0.05, 0.1) is 0 Å². The fraction of sp³-hybridized carbons (Fsp3) is 0.714. The minimum absolute atomic E-state index is 0.125. The van der Waals surface area contributed by atoms with E-state index >= 15 is 0 Å². The van der Waals surface area contributed by atoms with Crippen molar-refractivity contribution in [1.29, 1.82) is 0 Å². The lowest BCUT2D eigenvalue weighted by Crippen LogP contribution is -2.16. The molecule has 4 N–H and O–H groups in total. The number of nitrogens with two attached hydrogens (primary N) is 1. The molecule has 0 radical (unpaired) electrons. The van der Waals surface area contributed by atoms with Crippen LogP contribution in [0, 0.1) is 5.92 Å². The van der Waals surface area contributed by atoms with Crippen molar-refractivity contribution < 1.29 is 15.1 Å². The highest BCUT2D eigenvalue weighted by Crippen LogP contribution is 2.09. The van der Waals surface area contributed by atoms with Crippen LogP contribution in [-0.4, -0.2) is 22.1 Å². The molecule has 0 aromatic carbocycles. The maximum Gasteiger partial charge on any atom is 0.303 e. The molecule has 1 unspecified atom stereocenters. The molecule has 12 heavy (non-hydrogen) atoms. The summed E-state index contributed by atoms with van der Waals surface area (Å²) in [5.74, 6) is -0.536. The zero-order chi connectivity index (χ0) is 9.56. The third-order valence-electron chi connectivity index (χ3n) is 1.54. The Bertz CT molecular complexity index is 179. The summed E-state index contributed by atoms with van der Waals surface area (Å²) in [6.07, 6.45) is 1.11. The highest BCUT2D eigenvalue weighted by Gasteiger charge is 2.07. The van der Waals surface area contributed by atoms with Gasteiger partial charge in [0.25, 0.3) is 0 Å². The Morgan fingerprint density at radius 2 is 2.25 bits per heavy atom. The Kier molecular flexibility index (Phi) is 4.83. The molecular weight excluding hydrogens is 160 g/mol. The van der Waals surface area contributed by atoms with Gasteiger partial charge in [0.15, 0.2) is 0 Å². The molecule has 0 aliphatic rings. The summed E-state index contributed by atoms with van der Waals surface area (Å²) in [6, 6.07) is 0. The number of carboxylic acids is 1. The number of hydrogen-bond acceptors (Lipinski definition) is 3. The van der Waals surface area contributed by atoms with Gasteiger partial charge in [-0.2, -0.15) is 0 Å². The molecule has 0 amide bonds. The second-order valence-corrected chi connectivity index (χ2v) is 2.83. The predicted octanol–water partition coefficient (Wildman–Crippen LogP) is 0.624. The van der Waals surface area contributed by atoms with Crippen LogP contribution < -0.4 is 5.73 Å². The van der Waals surface area contributed by atoms with Crippen molar-refractivity contribution in [1.82, 2.24) is 0 Å². The Balaban J connectivity index is 3.59. The number of oxime groups is 1. The third kappa shape index (κ3) is 5.52. The van der Waals surface area contributed by atoms with Crippen LogP contribution in [0.3, 0.4) is 0 Å². The first-order valence-corrected chi connectivity index (χ1v) is 3.74. The summed E-state index contributed by atoms with van der Waals surface area (Å²) in [7, 11) is 0. The third-order valence-corrected chi connectivity index (χ3v) is 1.54. The molecular formula is C7H14N2O3. The Morgan fingerprint density at radius 3 is 2.67 bits per heavy atom. The molecule has 0 aromatic rings. The lowest BCUT2D eigenvalue weighted by atomic mass is 10.0. The van der Waals surface area contributed by atoms with Gasteiger partial charge in [-0.25, -0.2) is 0 Å². The molecule has 0 rings (SSSR count). The van der Waals surface area contributed by atoms with Crippen molar-refractivity contribution in [3.05, 3.63) is 0 Å². The van der Waals surface area contributed by atoms with Crippen LogP contribution in [-0.2, 0) is 4.79 Å². The molecule has 0 aliphatic carbocycles. The van der Waals surface area contributed by atoms with E-state index in [2.05, 4.69) is 5.16 Å². The van der Waals surface area contributed by atoms with Gasteiger partial charge in [-0.15, -0.1) is 0 Å². The summed E-state index contributed by atoms with van der Waals surface area (Å²) in [5.41, 5.74) is 5.23. The van der Waals surface area contributed by atoms with Crippen LogP contribution in [0.1, 0.15) is 26.2 Å². The second-order valence-electron chi connectivity index (χ2n) is 2.83. The van der Waals surface area contributed by atoms with Crippen LogP contribution in [0.5, 0.6) is 0 Å². The maximum absolute atomic E-state index is 10.1. The first-order valence-electron chi connectivity index (χ1n) is 3.74. The van der Waals surface area contributed by atoms with Crippen LogP contribution in [0.25, 0.3) is 0 Å². The molecule has 0 aromatic heterocycles. The highest BCUT2D eigenvalue weighted by atomic mass is 16.4. The number of carbonyl (C=O) groups is 1. The summed E-state index contributed by atoms with van der Waals surface area (Å²) in [6.45, 7) is 1.86. The van der Waals surface area contributed by atoms with E-state index < -0.39 is 5.97 Å². The van der Waals surface area contributed by atoms with Gasteiger partial charge in [0, 0.05) is 12.8 Å². The van der Waals surface area contributed by atoms with E-state index in [0.717, 1.165) is 0 Å². The van der Waals surface area contributed by atoms with E-state index in [-0.39, 0.29) is 18.2 Å². The summed E-state index contributed by atoms with van der Waals surface area (Å²) in [5, 5.41) is 19.4. The normalized spacial score (nSPS) is 14.2. The topological polar surface area (TPSA) is 95.9 Å². The second kappa shape index (κ2) is 5.40. The van der Waals surface area contributed by atoms with Crippen LogP contribution >= 0.6 is 0 Å². The van der Waals surface area contributed by atoms with Crippen LogP contribution in [0.15, 0.2) is 5.16 Å². The van der Waals surface area contributed by atoms with E-state index in [1.165, 1.54) is 0 Å². The minimum Gasteiger partial charge on any atom is -0.481 e. The molecule has 0 aliphatic heterocycles. The monoisotopic (exact) mass is 174 g/mol. The van der Waals surface area contributed by atoms with E-state index in [0.29, 0.717) is 12.8 Å². The fourth-order valence-corrected chi connectivity index (χ4v) is 0.870. The summed E-state index contributed by atoms with van der Waals surface area (Å²) < 4.78 is 0. The largest absolute Gasteiger partial charge is 0.481 e. The number of aliphatic carboxylic acids is 1. The fourth-order valence-electron chi connectivity index (χ4n) is 0.870. The first kappa shape index (κ1) is 10.7. The number of amidine groups is 1. The molecule has 0 spiro atoms. The molecule has 0 bridgehead atoms. The van der Waals surface area contributed by atoms with Gasteiger partial charge in [-0.05, 0) is 12.3 Å². The van der Waals surface area contributed by atoms with Crippen molar-refractivity contribution in [2.75, 3.05) is 0 Å². The SMILES string of the molecule is CC(CCC(=O)O)CC(N)=NO. The first-order chi connectivity index (χ1) is 5.56. The number of hydrogen-bond donors (Lipinski definition) is 3. The minimum atomic E-state index is -0.818. The molecule has 5 heteroatoms. The van der Waals surface area contributed by atoms with E-state index in [9.17, 15) is 4.79 Å². The summed E-state index contributed by atoms with van der Waals surface area (Å²) >= 11 is 0. The zero-order valence-electron chi connectivity index (χ0n) is 7.03. The van der Waals surface area contributed by atoms with E-state index in [1.54, 1.807) is 0 Å². The summed E-state index contributed by atoms with van der Waals surface area (Å²) in [4.78, 5) is 10.1. The Hall–Kier alpha value is -1.26. The smallest absolute Gasteiger partial charge is 0.303 e.